The summed E-state index contributed by atoms with van der Waals surface area (Å²) in [6.07, 6.45) is 11.2. The molecule has 0 spiro atoms. The fraction of sp³-hybridized carbons (Fsp3) is 0.933. The Labute approximate surface area is 116 Å². The lowest BCUT2D eigenvalue weighted by Gasteiger charge is -2.25. The molecule has 19 heavy (non-hydrogen) atoms. The lowest BCUT2D eigenvalue weighted by molar-refractivity contribution is 0.155. The van der Waals surface area contributed by atoms with Crippen molar-refractivity contribution in [1.82, 2.24) is 10.2 Å². The van der Waals surface area contributed by atoms with Crippen molar-refractivity contribution in [3.05, 3.63) is 0 Å². The molecule has 2 fully saturated rings. The number of carbonyl (C=O) groups is 1. The van der Waals surface area contributed by atoms with E-state index in [1.54, 1.807) is 0 Å². The van der Waals surface area contributed by atoms with Crippen LogP contribution in [0, 0.1) is 5.92 Å². The van der Waals surface area contributed by atoms with E-state index in [9.17, 15) is 9.90 Å². The molecule has 1 aliphatic heterocycles. The Kier molecular flexibility index (Phi) is 5.95. The number of hydrogen-bond acceptors (Lipinski definition) is 2. The lowest BCUT2D eigenvalue weighted by Crippen LogP contribution is -2.45. The Balaban J connectivity index is 1.72. The second-order valence-corrected chi connectivity index (χ2v) is 6.07. The molecule has 0 aromatic carbocycles. The Morgan fingerprint density at radius 3 is 2.42 bits per heavy atom. The van der Waals surface area contributed by atoms with E-state index < -0.39 is 0 Å². The van der Waals surface area contributed by atoms with Gasteiger partial charge in [0.05, 0.1) is 12.6 Å². The first-order valence-corrected chi connectivity index (χ1v) is 7.96. The van der Waals surface area contributed by atoms with Gasteiger partial charge in [0.25, 0.3) is 0 Å². The minimum Gasteiger partial charge on any atom is -0.394 e. The van der Waals surface area contributed by atoms with E-state index in [2.05, 4.69) is 5.32 Å². The van der Waals surface area contributed by atoms with Crippen LogP contribution in [0.25, 0.3) is 0 Å². The summed E-state index contributed by atoms with van der Waals surface area (Å²) in [6.45, 7) is 1.70. The molecule has 1 heterocycles. The molecule has 0 aromatic rings. The Hall–Kier alpha value is -0.770. The second-order valence-electron chi connectivity index (χ2n) is 6.07. The van der Waals surface area contributed by atoms with E-state index in [-0.39, 0.29) is 18.7 Å². The van der Waals surface area contributed by atoms with Crippen molar-refractivity contribution in [3.8, 4) is 0 Å². The molecule has 1 saturated carbocycles. The molecule has 2 rings (SSSR count). The van der Waals surface area contributed by atoms with Crippen molar-refractivity contribution in [2.75, 3.05) is 19.7 Å². The number of amides is 2. The summed E-state index contributed by atoms with van der Waals surface area (Å²) in [5.74, 6) is 0.652. The van der Waals surface area contributed by atoms with Crippen molar-refractivity contribution >= 4 is 6.03 Å². The predicted octanol–water partition coefficient (Wildman–Crippen LogP) is 2.51. The number of hydrogen-bond donors (Lipinski definition) is 2. The highest BCUT2D eigenvalue weighted by atomic mass is 16.3. The van der Waals surface area contributed by atoms with Crippen LogP contribution in [0.4, 0.5) is 4.79 Å². The molecule has 110 valence electrons. The van der Waals surface area contributed by atoms with Gasteiger partial charge in [-0.3, -0.25) is 0 Å². The fourth-order valence-electron chi connectivity index (χ4n) is 3.37. The first-order chi connectivity index (χ1) is 9.31. The number of nitrogens with zero attached hydrogens (tertiary/aromatic N) is 1. The van der Waals surface area contributed by atoms with E-state index >= 15 is 0 Å². The zero-order valence-electron chi connectivity index (χ0n) is 11.9. The summed E-state index contributed by atoms with van der Waals surface area (Å²) in [7, 11) is 0. The maximum Gasteiger partial charge on any atom is 0.317 e. The Morgan fingerprint density at radius 1 is 1.05 bits per heavy atom. The summed E-state index contributed by atoms with van der Waals surface area (Å²) >= 11 is 0. The van der Waals surface area contributed by atoms with Crippen molar-refractivity contribution in [2.45, 2.75) is 63.8 Å². The average molecular weight is 268 g/mol. The van der Waals surface area contributed by atoms with Crippen molar-refractivity contribution in [2.24, 2.45) is 5.92 Å². The number of urea groups is 1. The zero-order valence-corrected chi connectivity index (χ0v) is 11.9. The first kappa shape index (κ1) is 14.6. The van der Waals surface area contributed by atoms with E-state index in [1.165, 1.54) is 44.9 Å². The summed E-state index contributed by atoms with van der Waals surface area (Å²) in [5, 5.41) is 12.3. The van der Waals surface area contributed by atoms with Crippen LogP contribution < -0.4 is 5.32 Å². The summed E-state index contributed by atoms with van der Waals surface area (Å²) in [4.78, 5) is 13.9. The molecule has 1 atom stereocenters. The van der Waals surface area contributed by atoms with Crippen LogP contribution in [0.5, 0.6) is 0 Å². The molecule has 1 saturated heterocycles. The Morgan fingerprint density at radius 2 is 1.74 bits per heavy atom. The van der Waals surface area contributed by atoms with Crippen molar-refractivity contribution in [1.29, 1.82) is 0 Å². The van der Waals surface area contributed by atoms with Gasteiger partial charge in [-0.25, -0.2) is 4.79 Å². The third-order valence-electron chi connectivity index (χ3n) is 4.62. The monoisotopic (exact) mass is 268 g/mol. The second kappa shape index (κ2) is 7.73. The zero-order chi connectivity index (χ0) is 13.5. The van der Waals surface area contributed by atoms with Gasteiger partial charge in [0.1, 0.15) is 0 Å². The fourth-order valence-corrected chi connectivity index (χ4v) is 3.37. The van der Waals surface area contributed by atoms with Crippen LogP contribution in [0.3, 0.4) is 0 Å². The Bertz CT molecular complexity index is 275. The standard InChI is InChI=1S/C15H28N2O2/c18-12-14-9-6-10-17(14)15(19)16-11-13-7-4-2-1-3-5-8-13/h13-14,18H,1-12H2,(H,16,19). The normalized spacial score (nSPS) is 25.9. The van der Waals surface area contributed by atoms with Crippen LogP contribution in [-0.2, 0) is 0 Å². The molecule has 0 bridgehead atoms. The van der Waals surface area contributed by atoms with Crippen LogP contribution in [0.15, 0.2) is 0 Å². The van der Waals surface area contributed by atoms with Gasteiger partial charge < -0.3 is 15.3 Å². The predicted molar refractivity (Wildman–Crippen MR) is 76.0 cm³/mol. The van der Waals surface area contributed by atoms with Crippen LogP contribution in [0.1, 0.15) is 57.8 Å². The smallest absolute Gasteiger partial charge is 0.317 e. The molecule has 1 aliphatic carbocycles. The minimum atomic E-state index is 0.0265. The highest BCUT2D eigenvalue weighted by Crippen LogP contribution is 2.22. The first-order valence-electron chi connectivity index (χ1n) is 7.96. The number of likely N-dealkylation sites (tertiary alicyclic amines) is 1. The highest BCUT2D eigenvalue weighted by molar-refractivity contribution is 5.74. The number of rotatable bonds is 3. The van der Waals surface area contributed by atoms with E-state index in [4.69, 9.17) is 0 Å². The average Bonchev–Trinajstić information content (AvgIpc) is 2.85. The van der Waals surface area contributed by atoms with Gasteiger partial charge in [0, 0.05) is 13.1 Å². The van der Waals surface area contributed by atoms with Gasteiger partial charge in [-0.1, -0.05) is 32.1 Å². The van der Waals surface area contributed by atoms with Gasteiger partial charge in [0.15, 0.2) is 0 Å². The highest BCUT2D eigenvalue weighted by Gasteiger charge is 2.28. The molecule has 4 nitrogen and oxygen atoms in total. The van der Waals surface area contributed by atoms with Crippen LogP contribution >= 0.6 is 0 Å². The molecular weight excluding hydrogens is 240 g/mol. The van der Waals surface area contributed by atoms with E-state index in [1.807, 2.05) is 4.90 Å². The largest absolute Gasteiger partial charge is 0.394 e. The van der Waals surface area contributed by atoms with Crippen molar-refractivity contribution in [3.63, 3.8) is 0 Å². The van der Waals surface area contributed by atoms with Gasteiger partial charge >= 0.3 is 6.03 Å². The van der Waals surface area contributed by atoms with Gasteiger partial charge in [-0.15, -0.1) is 0 Å². The number of aliphatic hydroxyl groups is 1. The van der Waals surface area contributed by atoms with E-state index in [0.29, 0.717) is 5.92 Å². The quantitative estimate of drug-likeness (QED) is 0.826. The molecule has 0 aromatic heterocycles. The number of aliphatic hydroxyl groups excluding tert-OH is 1. The maximum absolute atomic E-state index is 12.1. The number of carbonyl (C=O) groups excluding carboxylic acids is 1. The van der Waals surface area contributed by atoms with Crippen LogP contribution in [-0.4, -0.2) is 41.8 Å². The molecular formula is C15H28N2O2. The molecule has 2 N–H and O–H groups in total. The maximum atomic E-state index is 12.1. The molecule has 2 aliphatic rings. The summed E-state index contributed by atoms with van der Waals surface area (Å²) in [6, 6.07) is 0.0657. The van der Waals surface area contributed by atoms with Crippen LogP contribution in [0.2, 0.25) is 0 Å². The molecule has 1 unspecified atom stereocenters. The minimum absolute atomic E-state index is 0.0265. The molecule has 2 amide bonds. The summed E-state index contributed by atoms with van der Waals surface area (Å²) < 4.78 is 0. The molecule has 0 radical (unpaired) electrons. The van der Waals surface area contributed by atoms with Gasteiger partial charge in [0.2, 0.25) is 0 Å². The third-order valence-corrected chi connectivity index (χ3v) is 4.62. The third kappa shape index (κ3) is 4.37. The SMILES string of the molecule is O=C(NCC1CCCCCCC1)N1CCCC1CO. The van der Waals surface area contributed by atoms with Gasteiger partial charge in [-0.2, -0.15) is 0 Å². The van der Waals surface area contributed by atoms with Gasteiger partial charge in [-0.05, 0) is 31.6 Å². The van der Waals surface area contributed by atoms with E-state index in [0.717, 1.165) is 25.9 Å². The van der Waals surface area contributed by atoms with Crippen molar-refractivity contribution < 1.29 is 9.90 Å². The summed E-state index contributed by atoms with van der Waals surface area (Å²) in [5.41, 5.74) is 0. The number of nitrogens with one attached hydrogen (secondary N) is 1. The lowest BCUT2D eigenvalue weighted by atomic mass is 9.91. The molecule has 4 heteroatoms. The topological polar surface area (TPSA) is 52.6 Å².